The van der Waals surface area contributed by atoms with Gasteiger partial charge in [0, 0.05) is 10.6 Å². The highest BCUT2D eigenvalue weighted by Crippen LogP contribution is 2.43. The molecule has 8 heteroatoms. The van der Waals surface area contributed by atoms with E-state index in [1.165, 1.54) is 0 Å². The summed E-state index contributed by atoms with van der Waals surface area (Å²) >= 11 is 1.80. The van der Waals surface area contributed by atoms with Crippen molar-refractivity contribution in [2.75, 3.05) is 23.7 Å². The number of thioether (sulfide) groups is 1. The zero-order valence-corrected chi connectivity index (χ0v) is 19.8. The third-order valence-electron chi connectivity index (χ3n) is 5.74. The normalized spacial score (nSPS) is 15.5. The third kappa shape index (κ3) is 4.78. The van der Waals surface area contributed by atoms with Gasteiger partial charge in [-0.05, 0) is 42.8 Å². The van der Waals surface area contributed by atoms with Crippen molar-refractivity contribution in [3.63, 3.8) is 0 Å². The van der Waals surface area contributed by atoms with Crippen LogP contribution in [0.1, 0.15) is 30.8 Å². The van der Waals surface area contributed by atoms with Crippen LogP contribution < -0.4 is 4.90 Å². The number of aromatic nitrogens is 2. The topological polar surface area (TPSA) is 75.6 Å². The van der Waals surface area contributed by atoms with Gasteiger partial charge in [-0.3, -0.25) is 9.69 Å². The first-order valence-corrected chi connectivity index (χ1v) is 12.4. The smallest absolute Gasteiger partial charge is 0.283 e. The van der Waals surface area contributed by atoms with Gasteiger partial charge in [-0.2, -0.15) is 0 Å². The van der Waals surface area contributed by atoms with E-state index >= 15 is 0 Å². The Morgan fingerprint density at radius 2 is 1.91 bits per heavy atom. The molecule has 0 aliphatic carbocycles. The van der Waals surface area contributed by atoms with E-state index in [9.17, 15) is 4.79 Å². The van der Waals surface area contributed by atoms with E-state index in [1.54, 1.807) is 30.2 Å². The number of carbonyl (C=O) groups excluding carboxylic acids is 1. The number of benzene rings is 2. The molecule has 4 aromatic rings. The highest BCUT2D eigenvalue weighted by atomic mass is 32.2. The molecule has 34 heavy (non-hydrogen) atoms. The molecule has 0 saturated carbocycles. The predicted molar refractivity (Wildman–Crippen MR) is 131 cm³/mol. The highest BCUT2D eigenvalue weighted by Gasteiger charge is 2.33. The van der Waals surface area contributed by atoms with Crippen LogP contribution >= 0.6 is 11.8 Å². The summed E-state index contributed by atoms with van der Waals surface area (Å²) in [5.74, 6) is 2.21. The molecule has 7 nitrogen and oxygen atoms in total. The van der Waals surface area contributed by atoms with Crippen LogP contribution in [0.4, 0.5) is 5.69 Å². The first-order valence-electron chi connectivity index (χ1n) is 11.4. The number of hydrogen-bond acceptors (Lipinski definition) is 7. The van der Waals surface area contributed by atoms with Crippen LogP contribution in [0.15, 0.2) is 86.7 Å². The van der Waals surface area contributed by atoms with Crippen molar-refractivity contribution in [1.29, 1.82) is 0 Å². The fourth-order valence-electron chi connectivity index (χ4n) is 4.22. The molecule has 1 aliphatic heterocycles. The van der Waals surface area contributed by atoms with E-state index in [4.69, 9.17) is 8.83 Å². The quantitative estimate of drug-likeness (QED) is 0.337. The van der Waals surface area contributed by atoms with Crippen molar-refractivity contribution >= 4 is 23.4 Å². The molecular weight excluding hydrogens is 448 g/mol. The minimum atomic E-state index is -0.0222. The predicted octanol–water partition coefficient (Wildman–Crippen LogP) is 5.42. The van der Waals surface area contributed by atoms with Crippen LogP contribution in [0.3, 0.4) is 0 Å². The van der Waals surface area contributed by atoms with Crippen molar-refractivity contribution in [2.45, 2.75) is 30.8 Å². The second kappa shape index (κ2) is 10.3. The Morgan fingerprint density at radius 3 is 2.71 bits per heavy atom. The molecule has 174 valence electrons. The number of hydrogen-bond donors (Lipinski definition) is 0. The van der Waals surface area contributed by atoms with E-state index in [1.807, 2.05) is 41.3 Å². The minimum absolute atomic E-state index is 0.0222. The van der Waals surface area contributed by atoms with Gasteiger partial charge in [0.1, 0.15) is 0 Å². The second-order valence-corrected chi connectivity index (χ2v) is 9.22. The zero-order chi connectivity index (χ0) is 23.3. The lowest BCUT2D eigenvalue weighted by Gasteiger charge is -2.38. The molecular formula is C26H26N4O3S. The van der Waals surface area contributed by atoms with Crippen LogP contribution in [0.25, 0.3) is 11.7 Å². The van der Waals surface area contributed by atoms with Gasteiger partial charge in [-0.25, -0.2) is 0 Å². The van der Waals surface area contributed by atoms with Crippen molar-refractivity contribution in [3.05, 3.63) is 84.4 Å². The maximum atomic E-state index is 13.8. The second-order valence-electron chi connectivity index (χ2n) is 8.16. The molecule has 1 amide bonds. The minimum Gasteiger partial charge on any atom is -0.459 e. The lowest BCUT2D eigenvalue weighted by Crippen LogP contribution is -2.44. The molecule has 0 saturated heterocycles. The third-order valence-corrected chi connectivity index (χ3v) is 6.88. The Morgan fingerprint density at radius 1 is 1.09 bits per heavy atom. The summed E-state index contributed by atoms with van der Waals surface area (Å²) in [6.45, 7) is 3.49. The van der Waals surface area contributed by atoms with Crippen LogP contribution in [0, 0.1) is 0 Å². The fraction of sp³-hybridized carbons (Fsp3) is 0.269. The molecule has 1 aliphatic rings. The Balaban J connectivity index is 1.38. The first-order chi connectivity index (χ1) is 16.7. The number of anilines is 1. The average Bonchev–Trinajstić information content (AvgIpc) is 3.56. The number of amides is 1. The lowest BCUT2D eigenvalue weighted by molar-refractivity contribution is -0.120. The summed E-state index contributed by atoms with van der Waals surface area (Å²) in [4.78, 5) is 19.0. The molecule has 5 rings (SSSR count). The van der Waals surface area contributed by atoms with E-state index in [2.05, 4.69) is 40.2 Å². The zero-order valence-electron chi connectivity index (χ0n) is 19.0. The van der Waals surface area contributed by atoms with Crippen LogP contribution in [0.5, 0.6) is 0 Å². The van der Waals surface area contributed by atoms with Gasteiger partial charge in [-0.15, -0.1) is 22.0 Å². The Bertz CT molecular complexity index is 1230. The monoisotopic (exact) mass is 474 g/mol. The molecule has 0 bridgehead atoms. The maximum Gasteiger partial charge on any atom is 0.283 e. The fourth-order valence-corrected chi connectivity index (χ4v) is 5.39. The summed E-state index contributed by atoms with van der Waals surface area (Å²) in [7, 11) is 0. The summed E-state index contributed by atoms with van der Waals surface area (Å²) in [5.41, 5.74) is 2.10. The van der Waals surface area contributed by atoms with Crippen LogP contribution in [-0.2, 0) is 11.3 Å². The van der Waals surface area contributed by atoms with E-state index in [0.717, 1.165) is 34.9 Å². The average molecular weight is 475 g/mol. The van der Waals surface area contributed by atoms with Gasteiger partial charge < -0.3 is 13.7 Å². The molecule has 2 aromatic heterocycles. The summed E-state index contributed by atoms with van der Waals surface area (Å²) in [5, 5.41) is 8.25. The lowest BCUT2D eigenvalue weighted by atomic mass is 10.1. The van der Waals surface area contributed by atoms with Gasteiger partial charge in [0.2, 0.25) is 11.8 Å². The Labute approximate surface area is 202 Å². The molecule has 0 unspecified atom stereocenters. The van der Waals surface area contributed by atoms with Gasteiger partial charge in [0.05, 0.1) is 31.1 Å². The largest absolute Gasteiger partial charge is 0.459 e. The van der Waals surface area contributed by atoms with Gasteiger partial charge >= 0.3 is 0 Å². The van der Waals surface area contributed by atoms with Crippen molar-refractivity contribution < 1.29 is 13.6 Å². The highest BCUT2D eigenvalue weighted by molar-refractivity contribution is 7.99. The molecule has 0 N–H and O–H groups in total. The van der Waals surface area contributed by atoms with Gasteiger partial charge in [0.15, 0.2) is 5.76 Å². The standard InChI is InChI=1S/C26H26N4O3S/c1-2-14-29(16-24-27-28-26(33-24)22-12-8-15-32-22)17-25(31)30-20-11-6-7-13-23(20)34-18-21(30)19-9-4-3-5-10-19/h3-13,15,21H,2,14,16-18H2,1H3/t21-/m0/s1. The van der Waals surface area contributed by atoms with Crippen LogP contribution in [-0.4, -0.2) is 39.8 Å². The molecule has 0 radical (unpaired) electrons. The van der Waals surface area contributed by atoms with E-state index in [0.29, 0.717) is 24.1 Å². The summed E-state index contributed by atoms with van der Waals surface area (Å²) in [6.07, 6.45) is 2.47. The SMILES string of the molecule is CCCN(CC(=O)N1c2ccccc2SC[C@H]1c1ccccc1)Cc1nnc(-c2ccco2)o1. The number of rotatable bonds is 8. The summed E-state index contributed by atoms with van der Waals surface area (Å²) < 4.78 is 11.1. The van der Waals surface area contributed by atoms with E-state index in [-0.39, 0.29) is 18.5 Å². The Hall–Kier alpha value is -3.36. The number of furan rings is 1. The van der Waals surface area contributed by atoms with Gasteiger partial charge in [-0.1, -0.05) is 49.4 Å². The van der Waals surface area contributed by atoms with Gasteiger partial charge in [0.25, 0.3) is 5.89 Å². The molecule has 0 fully saturated rings. The molecule has 0 spiro atoms. The Kier molecular flexibility index (Phi) is 6.78. The molecule has 2 aromatic carbocycles. The van der Waals surface area contributed by atoms with Crippen molar-refractivity contribution in [2.24, 2.45) is 0 Å². The van der Waals surface area contributed by atoms with E-state index < -0.39 is 0 Å². The number of nitrogens with zero attached hydrogens (tertiary/aromatic N) is 4. The number of para-hydroxylation sites is 1. The van der Waals surface area contributed by atoms with Crippen molar-refractivity contribution in [3.8, 4) is 11.7 Å². The number of fused-ring (bicyclic) bond motifs is 1. The number of carbonyl (C=O) groups is 1. The first kappa shape index (κ1) is 22.4. The van der Waals surface area contributed by atoms with Crippen LogP contribution in [0.2, 0.25) is 0 Å². The maximum absolute atomic E-state index is 13.8. The van der Waals surface area contributed by atoms with Crippen molar-refractivity contribution in [1.82, 2.24) is 15.1 Å². The molecule has 3 heterocycles. The molecule has 1 atom stereocenters. The summed E-state index contributed by atoms with van der Waals surface area (Å²) in [6, 6.07) is 21.9.